The van der Waals surface area contributed by atoms with Crippen LogP contribution in [-0.4, -0.2) is 24.9 Å². The zero-order chi connectivity index (χ0) is 11.7. The summed E-state index contributed by atoms with van der Waals surface area (Å²) in [5.74, 6) is 0. The van der Waals surface area contributed by atoms with Crippen LogP contribution in [0.5, 0.6) is 0 Å². The first-order valence-electron chi connectivity index (χ1n) is 4.42. The number of rotatable bonds is 3. The molecule has 0 saturated heterocycles. The molecule has 0 atom stereocenters. The van der Waals surface area contributed by atoms with E-state index < -0.39 is 21.2 Å². The van der Waals surface area contributed by atoms with E-state index in [1.807, 2.05) is 0 Å². The summed E-state index contributed by atoms with van der Waals surface area (Å²) in [6.45, 7) is 2.52. The Morgan fingerprint density at radius 3 is 2.47 bits per heavy atom. The maximum absolute atomic E-state index is 12.0. The molecule has 0 aliphatic rings. The van der Waals surface area contributed by atoms with Crippen molar-refractivity contribution in [2.75, 3.05) is 6.61 Å². The second kappa shape index (κ2) is 4.12. The highest BCUT2D eigenvalue weighted by molar-refractivity contribution is 7.92. The lowest BCUT2D eigenvalue weighted by Gasteiger charge is -2.22. The van der Waals surface area contributed by atoms with Gasteiger partial charge >= 0.3 is 0 Å². The topological polar surface area (TPSA) is 54.4 Å². The van der Waals surface area contributed by atoms with Crippen LogP contribution in [0, 0.1) is 0 Å². The van der Waals surface area contributed by atoms with E-state index in [4.69, 9.17) is 16.7 Å². The molecule has 0 aliphatic heterocycles. The molecule has 0 bridgehead atoms. The first-order valence-corrected chi connectivity index (χ1v) is 6.28. The van der Waals surface area contributed by atoms with Crippen LogP contribution in [0.25, 0.3) is 0 Å². The zero-order valence-electron chi connectivity index (χ0n) is 8.57. The Balaban J connectivity index is 3.30. The van der Waals surface area contributed by atoms with Crippen molar-refractivity contribution in [3.05, 3.63) is 29.3 Å². The first kappa shape index (κ1) is 12.5. The number of aliphatic hydroxyl groups excluding tert-OH is 1. The van der Waals surface area contributed by atoms with Gasteiger partial charge in [0.05, 0.1) is 16.2 Å². The third kappa shape index (κ3) is 2.33. The van der Waals surface area contributed by atoms with E-state index in [-0.39, 0.29) is 4.90 Å². The molecule has 0 fully saturated rings. The molecule has 0 aromatic heterocycles. The molecule has 0 amide bonds. The molecule has 1 aromatic rings. The van der Waals surface area contributed by atoms with Crippen molar-refractivity contribution in [3.8, 4) is 0 Å². The van der Waals surface area contributed by atoms with E-state index in [2.05, 4.69) is 0 Å². The predicted molar refractivity (Wildman–Crippen MR) is 59.8 cm³/mol. The second-order valence-corrected chi connectivity index (χ2v) is 6.90. The van der Waals surface area contributed by atoms with Gasteiger partial charge in [0.1, 0.15) is 0 Å². The first-order chi connectivity index (χ1) is 6.81. The van der Waals surface area contributed by atoms with E-state index in [0.717, 1.165) is 0 Å². The van der Waals surface area contributed by atoms with Crippen LogP contribution < -0.4 is 0 Å². The Morgan fingerprint density at radius 1 is 1.40 bits per heavy atom. The van der Waals surface area contributed by atoms with Crippen molar-refractivity contribution in [3.63, 3.8) is 0 Å². The monoisotopic (exact) mass is 248 g/mol. The predicted octanol–water partition coefficient (Wildman–Crippen LogP) is 1.88. The average Bonchev–Trinajstić information content (AvgIpc) is 2.17. The molecule has 5 heteroatoms. The summed E-state index contributed by atoms with van der Waals surface area (Å²) >= 11 is 5.72. The fraction of sp³-hybridized carbons (Fsp3) is 0.400. The van der Waals surface area contributed by atoms with Crippen LogP contribution >= 0.6 is 11.6 Å². The maximum Gasteiger partial charge on any atom is 0.185 e. The van der Waals surface area contributed by atoms with Crippen LogP contribution in [0.1, 0.15) is 13.8 Å². The van der Waals surface area contributed by atoms with E-state index >= 15 is 0 Å². The Hall–Kier alpha value is -0.580. The molecular weight excluding hydrogens is 236 g/mol. The van der Waals surface area contributed by atoms with Crippen molar-refractivity contribution in [1.29, 1.82) is 0 Å². The third-order valence-electron chi connectivity index (χ3n) is 2.21. The van der Waals surface area contributed by atoms with Gasteiger partial charge in [-0.3, -0.25) is 0 Å². The SMILES string of the molecule is CC(C)(CO)S(=O)(=O)c1cccc(Cl)c1. The molecule has 1 N–H and O–H groups in total. The van der Waals surface area contributed by atoms with Crippen molar-refractivity contribution < 1.29 is 13.5 Å². The van der Waals surface area contributed by atoms with E-state index in [9.17, 15) is 8.42 Å². The minimum atomic E-state index is -3.55. The van der Waals surface area contributed by atoms with Gasteiger partial charge in [0.15, 0.2) is 9.84 Å². The van der Waals surface area contributed by atoms with Gasteiger partial charge in [-0.15, -0.1) is 0 Å². The number of benzene rings is 1. The molecule has 0 heterocycles. The molecule has 0 radical (unpaired) electrons. The van der Waals surface area contributed by atoms with Gasteiger partial charge in [0, 0.05) is 5.02 Å². The molecule has 0 saturated carbocycles. The Bertz CT molecular complexity index is 451. The van der Waals surface area contributed by atoms with Gasteiger partial charge in [-0.05, 0) is 32.0 Å². The van der Waals surface area contributed by atoms with Gasteiger partial charge in [-0.25, -0.2) is 8.42 Å². The maximum atomic E-state index is 12.0. The molecule has 15 heavy (non-hydrogen) atoms. The summed E-state index contributed by atoms with van der Waals surface area (Å²) in [6.07, 6.45) is 0. The normalized spacial score (nSPS) is 12.8. The van der Waals surface area contributed by atoms with Gasteiger partial charge in [0.2, 0.25) is 0 Å². The van der Waals surface area contributed by atoms with Gasteiger partial charge in [-0.2, -0.15) is 0 Å². The number of aliphatic hydroxyl groups is 1. The van der Waals surface area contributed by atoms with Crippen molar-refractivity contribution in [1.82, 2.24) is 0 Å². The summed E-state index contributed by atoms with van der Waals surface area (Å²) in [6, 6.07) is 6.03. The molecule has 1 rings (SSSR count). The molecular formula is C10H13ClO3S. The number of sulfone groups is 1. The van der Waals surface area contributed by atoms with Gasteiger partial charge in [0.25, 0.3) is 0 Å². The standard InChI is InChI=1S/C10H13ClO3S/c1-10(2,7-12)15(13,14)9-5-3-4-8(11)6-9/h3-6,12H,7H2,1-2H3. The highest BCUT2D eigenvalue weighted by Gasteiger charge is 2.35. The van der Waals surface area contributed by atoms with Crippen LogP contribution in [0.2, 0.25) is 5.02 Å². The second-order valence-electron chi connectivity index (χ2n) is 3.88. The highest BCUT2D eigenvalue weighted by Crippen LogP contribution is 2.26. The quantitative estimate of drug-likeness (QED) is 0.889. The Kier molecular flexibility index (Phi) is 3.43. The van der Waals surface area contributed by atoms with Gasteiger partial charge < -0.3 is 5.11 Å². The van der Waals surface area contributed by atoms with Crippen LogP contribution in [0.15, 0.2) is 29.2 Å². The lowest BCUT2D eigenvalue weighted by molar-refractivity contribution is 0.258. The molecule has 0 spiro atoms. The molecule has 84 valence electrons. The molecule has 3 nitrogen and oxygen atoms in total. The summed E-state index contributed by atoms with van der Waals surface area (Å²) in [5.41, 5.74) is 0. The van der Waals surface area contributed by atoms with E-state index in [1.165, 1.54) is 26.0 Å². The smallest absolute Gasteiger partial charge is 0.185 e. The molecule has 1 aromatic carbocycles. The lowest BCUT2D eigenvalue weighted by Crippen LogP contribution is -2.35. The fourth-order valence-corrected chi connectivity index (χ4v) is 2.64. The van der Waals surface area contributed by atoms with E-state index in [0.29, 0.717) is 5.02 Å². The zero-order valence-corrected chi connectivity index (χ0v) is 10.1. The molecule has 0 aliphatic carbocycles. The summed E-state index contributed by atoms with van der Waals surface area (Å²) in [7, 11) is -3.55. The number of hydrogen-bond acceptors (Lipinski definition) is 3. The fourth-order valence-electron chi connectivity index (χ4n) is 1.04. The van der Waals surface area contributed by atoms with Crippen LogP contribution in [-0.2, 0) is 9.84 Å². The van der Waals surface area contributed by atoms with Crippen molar-refractivity contribution >= 4 is 21.4 Å². The largest absolute Gasteiger partial charge is 0.395 e. The number of hydrogen-bond donors (Lipinski definition) is 1. The Morgan fingerprint density at radius 2 is 2.00 bits per heavy atom. The van der Waals surface area contributed by atoms with Crippen LogP contribution in [0.3, 0.4) is 0 Å². The van der Waals surface area contributed by atoms with Crippen molar-refractivity contribution in [2.24, 2.45) is 0 Å². The Labute approximate surface area is 94.6 Å². The van der Waals surface area contributed by atoms with Crippen LogP contribution in [0.4, 0.5) is 0 Å². The summed E-state index contributed by atoms with van der Waals surface area (Å²) < 4.78 is 22.8. The lowest BCUT2D eigenvalue weighted by atomic mass is 10.2. The number of halogens is 1. The minimum absolute atomic E-state index is 0.133. The van der Waals surface area contributed by atoms with Crippen molar-refractivity contribution in [2.45, 2.75) is 23.5 Å². The third-order valence-corrected chi connectivity index (χ3v) is 4.91. The van der Waals surface area contributed by atoms with E-state index in [1.54, 1.807) is 12.1 Å². The minimum Gasteiger partial charge on any atom is -0.395 e. The average molecular weight is 249 g/mol. The highest BCUT2D eigenvalue weighted by atomic mass is 35.5. The van der Waals surface area contributed by atoms with Gasteiger partial charge in [-0.1, -0.05) is 17.7 Å². The molecule has 0 unspecified atom stereocenters. The summed E-state index contributed by atoms with van der Waals surface area (Å²) in [4.78, 5) is 0.133. The summed E-state index contributed by atoms with van der Waals surface area (Å²) in [5, 5.41) is 9.41.